The first-order chi connectivity index (χ1) is 23.4. The van der Waals surface area contributed by atoms with Crippen molar-refractivity contribution in [2.24, 2.45) is 28.2 Å². The topological polar surface area (TPSA) is 126 Å². The minimum Gasteiger partial charge on any atom is -0.654 e. The van der Waals surface area contributed by atoms with Gasteiger partial charge in [-0.05, 0) is 25.5 Å². The van der Waals surface area contributed by atoms with E-state index in [1.807, 2.05) is 96.9 Å². The van der Waals surface area contributed by atoms with Gasteiger partial charge in [0.2, 0.25) is 0 Å². The smallest absolute Gasteiger partial charge is 0.654 e. The fourth-order valence-corrected chi connectivity index (χ4v) is 6.20. The van der Waals surface area contributed by atoms with Crippen molar-refractivity contribution in [3.63, 3.8) is 0 Å². The molecule has 0 saturated carbocycles. The molecule has 0 bridgehead atoms. The molecular formula is C36H26N10O2Pt2. The average Bonchev–Trinajstić information content (AvgIpc) is 3.91. The largest absolute Gasteiger partial charge is 2.00 e. The predicted octanol–water partition coefficient (Wildman–Crippen LogP) is 6.28. The quantitative estimate of drug-likeness (QED) is 0.189. The third kappa shape index (κ3) is 5.30. The van der Waals surface area contributed by atoms with Crippen LogP contribution in [0, 0.1) is 12.5 Å². The molecule has 0 unspecified atom stereocenters. The zero-order chi connectivity index (χ0) is 32.5. The van der Waals surface area contributed by atoms with Gasteiger partial charge in [-0.1, -0.05) is 64.9 Å². The summed E-state index contributed by atoms with van der Waals surface area (Å²) in [5.41, 5.74) is 10.4. The first-order valence-corrected chi connectivity index (χ1v) is 15.1. The van der Waals surface area contributed by atoms with Crippen molar-refractivity contribution >= 4 is 44.0 Å². The van der Waals surface area contributed by atoms with Crippen molar-refractivity contribution in [2.75, 3.05) is 0 Å². The molecule has 0 aliphatic heterocycles. The van der Waals surface area contributed by atoms with E-state index in [2.05, 4.69) is 32.5 Å². The second-order valence-corrected chi connectivity index (χ2v) is 11.7. The van der Waals surface area contributed by atoms with E-state index < -0.39 is 0 Å². The summed E-state index contributed by atoms with van der Waals surface area (Å²) in [7, 11) is 7.76. The van der Waals surface area contributed by atoms with E-state index in [4.69, 9.17) is 18.8 Å². The molecule has 0 amide bonds. The van der Waals surface area contributed by atoms with Crippen LogP contribution in [0.15, 0.2) is 95.1 Å². The van der Waals surface area contributed by atoms with Crippen LogP contribution < -0.4 is 9.97 Å². The Balaban J connectivity index is 0.000000151. The van der Waals surface area contributed by atoms with Gasteiger partial charge in [-0.25, -0.2) is 9.97 Å². The molecule has 10 aromatic rings. The number of para-hydroxylation sites is 2. The Kier molecular flexibility index (Phi) is 8.62. The van der Waals surface area contributed by atoms with E-state index >= 15 is 0 Å². The van der Waals surface area contributed by atoms with Gasteiger partial charge in [0.25, 0.3) is 0 Å². The van der Waals surface area contributed by atoms with Crippen molar-refractivity contribution in [3.8, 4) is 45.3 Å². The van der Waals surface area contributed by atoms with Crippen LogP contribution in [0.4, 0.5) is 0 Å². The van der Waals surface area contributed by atoms with Crippen molar-refractivity contribution < 1.29 is 51.0 Å². The Morgan fingerprint density at radius 2 is 1.30 bits per heavy atom. The number of aromatic nitrogens is 10. The number of rotatable bonds is 4. The van der Waals surface area contributed by atoms with Gasteiger partial charge in [-0.2, -0.15) is 0 Å². The number of hydrogen-bond donors (Lipinski definition) is 0. The SMILES string of the molecule is Cn1[c-]nc(-c2coc3c2[n-]c2c(-c4nccn4C)cccc23)c1.Cn1cnc(-c2coc3c2[n-]c2c(-c4n[c-]cn4C)cccc23)c1.[Pt+2].[Pt+2]. The molecule has 0 spiro atoms. The molecule has 14 heteroatoms. The monoisotopic (exact) mass is 1020 g/mol. The second-order valence-electron chi connectivity index (χ2n) is 11.7. The van der Waals surface area contributed by atoms with Crippen LogP contribution in [0.1, 0.15) is 0 Å². The summed E-state index contributed by atoms with van der Waals surface area (Å²) in [6.45, 7) is 0. The maximum Gasteiger partial charge on any atom is 2.00 e. The number of nitrogens with zero attached hydrogens (tertiary/aromatic N) is 10. The molecule has 8 aromatic heterocycles. The molecule has 0 aliphatic rings. The summed E-state index contributed by atoms with van der Waals surface area (Å²) in [6.07, 6.45) is 20.3. The van der Waals surface area contributed by atoms with E-state index in [9.17, 15) is 0 Å². The first kappa shape index (κ1) is 33.3. The molecule has 0 atom stereocenters. The first-order valence-electron chi connectivity index (χ1n) is 15.1. The van der Waals surface area contributed by atoms with Gasteiger partial charge in [-0.15, -0.1) is 23.4 Å². The van der Waals surface area contributed by atoms with Gasteiger partial charge < -0.3 is 47.0 Å². The summed E-state index contributed by atoms with van der Waals surface area (Å²) in [4.78, 5) is 27.2. The molecule has 0 aliphatic carbocycles. The summed E-state index contributed by atoms with van der Waals surface area (Å²) < 4.78 is 19.3. The number of fused-ring (bicyclic) bond motifs is 6. The van der Waals surface area contributed by atoms with Crippen molar-refractivity contribution in [3.05, 3.63) is 98.8 Å². The molecule has 0 saturated heterocycles. The fraction of sp³-hybridized carbons (Fsp3) is 0.111. The second kappa shape index (κ2) is 12.9. The normalized spacial score (nSPS) is 11.3. The fourth-order valence-electron chi connectivity index (χ4n) is 6.20. The number of aryl methyl sites for hydroxylation is 4. The van der Waals surface area contributed by atoms with Gasteiger partial charge in [0.1, 0.15) is 17.0 Å². The minimum atomic E-state index is 0. The van der Waals surface area contributed by atoms with Crippen LogP contribution in [-0.2, 0) is 70.3 Å². The van der Waals surface area contributed by atoms with Crippen LogP contribution >= 0.6 is 0 Å². The van der Waals surface area contributed by atoms with E-state index in [-0.39, 0.29) is 42.1 Å². The maximum absolute atomic E-state index is 5.82. The van der Waals surface area contributed by atoms with Gasteiger partial charge in [-0.3, -0.25) is 0 Å². The van der Waals surface area contributed by atoms with Crippen LogP contribution in [0.25, 0.3) is 89.3 Å². The Bertz CT molecular complexity index is 2570. The van der Waals surface area contributed by atoms with E-state index in [1.54, 1.807) is 35.8 Å². The Hall–Kier alpha value is -5.18. The van der Waals surface area contributed by atoms with Crippen molar-refractivity contribution in [1.29, 1.82) is 0 Å². The Labute approximate surface area is 313 Å². The third-order valence-corrected chi connectivity index (χ3v) is 8.50. The summed E-state index contributed by atoms with van der Waals surface area (Å²) in [5.74, 6) is 1.72. The molecule has 50 heavy (non-hydrogen) atoms. The molecule has 0 fully saturated rings. The minimum absolute atomic E-state index is 0. The van der Waals surface area contributed by atoms with Crippen LogP contribution in [-0.4, -0.2) is 38.2 Å². The van der Waals surface area contributed by atoms with Crippen LogP contribution in [0.5, 0.6) is 0 Å². The zero-order valence-electron chi connectivity index (χ0n) is 27.0. The summed E-state index contributed by atoms with van der Waals surface area (Å²) >= 11 is 0. The molecule has 12 nitrogen and oxygen atoms in total. The van der Waals surface area contributed by atoms with Crippen LogP contribution in [0.3, 0.4) is 0 Å². The van der Waals surface area contributed by atoms with Gasteiger partial charge >= 0.3 is 42.1 Å². The average molecular weight is 1020 g/mol. The van der Waals surface area contributed by atoms with E-state index in [0.29, 0.717) is 0 Å². The van der Waals surface area contributed by atoms with Crippen molar-refractivity contribution in [2.45, 2.75) is 0 Å². The zero-order valence-corrected chi connectivity index (χ0v) is 31.5. The maximum atomic E-state index is 5.82. The van der Waals surface area contributed by atoms with E-state index in [1.165, 1.54) is 0 Å². The number of benzene rings is 2. The number of hydrogen-bond acceptors (Lipinski definition) is 6. The summed E-state index contributed by atoms with van der Waals surface area (Å²) in [6, 6.07) is 12.1. The standard InChI is InChI=1S/2C18H13N5O.2Pt/c2*1-22-8-14(20-10-22)13-9-24-17-11-4-3-5-12(15(11)21-16(13)17)18-19-6-7-23(18)2;;/h3-5,7-10H,1-2H3;3-9H,1-2H3;;/q2*-2;2*+2. The van der Waals surface area contributed by atoms with E-state index in [0.717, 1.165) is 89.3 Å². The summed E-state index contributed by atoms with van der Waals surface area (Å²) in [5, 5.41) is 1.96. The third-order valence-electron chi connectivity index (χ3n) is 8.50. The number of imidazole rings is 4. The number of furan rings is 2. The Morgan fingerprint density at radius 1 is 0.660 bits per heavy atom. The molecule has 252 valence electrons. The van der Waals surface area contributed by atoms with Gasteiger partial charge in [0, 0.05) is 60.9 Å². The molecule has 8 heterocycles. The molecule has 2 aromatic carbocycles. The van der Waals surface area contributed by atoms with Crippen LogP contribution in [0.2, 0.25) is 0 Å². The molecule has 10 rings (SSSR count). The molecular weight excluding hydrogens is 995 g/mol. The molecule has 0 radical (unpaired) electrons. The van der Waals surface area contributed by atoms with Gasteiger partial charge in [0.05, 0.1) is 24.5 Å². The van der Waals surface area contributed by atoms with Gasteiger partial charge in [0.15, 0.2) is 0 Å². The molecule has 0 N–H and O–H groups in total. The van der Waals surface area contributed by atoms with Crippen molar-refractivity contribution in [1.82, 2.24) is 48.2 Å². The predicted molar refractivity (Wildman–Crippen MR) is 181 cm³/mol. The Morgan fingerprint density at radius 3 is 1.82 bits per heavy atom.